The van der Waals surface area contributed by atoms with Gasteiger partial charge < -0.3 is 19.6 Å². The number of aryl methyl sites for hydroxylation is 1. The maximum Gasteiger partial charge on any atom is 0.266 e. The third-order valence-corrected chi connectivity index (χ3v) is 7.45. The summed E-state index contributed by atoms with van der Waals surface area (Å²) < 4.78 is 22.8. The zero-order valence-electron chi connectivity index (χ0n) is 21.0. The SMILES string of the molecule is C=c1[nH]c(=O)/c(=C(/C)c2ccc(NCCOc3c(-c4ccc(F)cc4)n(C)c4ccccc4c3=O)cc2)s1. The Morgan fingerprint density at radius 3 is 2.45 bits per heavy atom. The zero-order chi connectivity index (χ0) is 26.8. The number of aromatic amines is 1. The molecular weight excluding hydrogens is 501 g/mol. The molecule has 0 saturated carbocycles. The average molecular weight is 528 g/mol. The molecule has 38 heavy (non-hydrogen) atoms. The van der Waals surface area contributed by atoms with Crippen LogP contribution in [0.15, 0.2) is 82.4 Å². The first-order valence-electron chi connectivity index (χ1n) is 12.1. The number of nitrogens with one attached hydrogen (secondary N) is 2. The molecule has 8 heteroatoms. The summed E-state index contributed by atoms with van der Waals surface area (Å²) in [5.74, 6) is -0.120. The van der Waals surface area contributed by atoms with E-state index in [2.05, 4.69) is 16.9 Å². The van der Waals surface area contributed by atoms with Gasteiger partial charge in [-0.3, -0.25) is 9.59 Å². The number of nitrogens with zero attached hydrogens (tertiary/aromatic N) is 1. The van der Waals surface area contributed by atoms with E-state index in [1.165, 1.54) is 23.5 Å². The lowest BCUT2D eigenvalue weighted by atomic mass is 10.1. The predicted octanol–water partition coefficient (Wildman–Crippen LogP) is 4.21. The Bertz CT molecular complexity index is 1850. The number of hydrogen-bond acceptors (Lipinski definition) is 5. The van der Waals surface area contributed by atoms with E-state index in [0.29, 0.717) is 32.4 Å². The van der Waals surface area contributed by atoms with Gasteiger partial charge in [-0.2, -0.15) is 0 Å². The Hall–Kier alpha value is -4.43. The summed E-state index contributed by atoms with van der Waals surface area (Å²) in [5.41, 5.74) is 4.44. The minimum atomic E-state index is -0.348. The number of halogens is 1. The van der Waals surface area contributed by atoms with Gasteiger partial charge in [0.2, 0.25) is 5.43 Å². The van der Waals surface area contributed by atoms with Crippen molar-refractivity contribution >= 4 is 40.1 Å². The van der Waals surface area contributed by atoms with Crippen LogP contribution in [0.3, 0.4) is 0 Å². The fraction of sp³-hybridized carbons (Fsp3) is 0.133. The summed E-state index contributed by atoms with van der Waals surface area (Å²) in [7, 11) is 1.87. The Balaban J connectivity index is 1.36. The van der Waals surface area contributed by atoms with E-state index in [0.717, 1.165) is 22.3 Å². The lowest BCUT2D eigenvalue weighted by Crippen LogP contribution is -2.22. The van der Waals surface area contributed by atoms with Crippen molar-refractivity contribution in [3.63, 3.8) is 0 Å². The van der Waals surface area contributed by atoms with E-state index in [1.54, 1.807) is 18.2 Å². The lowest BCUT2D eigenvalue weighted by Gasteiger charge is -2.18. The van der Waals surface area contributed by atoms with E-state index in [-0.39, 0.29) is 29.2 Å². The van der Waals surface area contributed by atoms with Crippen molar-refractivity contribution in [3.8, 4) is 17.0 Å². The van der Waals surface area contributed by atoms with Crippen LogP contribution in [0.2, 0.25) is 0 Å². The van der Waals surface area contributed by atoms with Crippen LogP contribution >= 0.6 is 11.3 Å². The highest BCUT2D eigenvalue weighted by atomic mass is 32.1. The molecule has 3 aromatic carbocycles. The van der Waals surface area contributed by atoms with Crippen molar-refractivity contribution in [3.05, 3.63) is 114 Å². The van der Waals surface area contributed by atoms with Crippen LogP contribution in [-0.4, -0.2) is 22.7 Å². The van der Waals surface area contributed by atoms with Crippen molar-refractivity contribution in [2.75, 3.05) is 18.5 Å². The van der Waals surface area contributed by atoms with Gasteiger partial charge >= 0.3 is 0 Å². The number of para-hydroxylation sites is 1. The van der Waals surface area contributed by atoms with Gasteiger partial charge in [-0.1, -0.05) is 30.8 Å². The smallest absolute Gasteiger partial charge is 0.266 e. The molecule has 0 aliphatic heterocycles. The number of H-pyrrole nitrogens is 1. The lowest BCUT2D eigenvalue weighted by molar-refractivity contribution is 0.329. The number of rotatable bonds is 7. The molecule has 0 radical (unpaired) electrons. The fourth-order valence-electron chi connectivity index (χ4n) is 4.47. The van der Waals surface area contributed by atoms with Gasteiger partial charge in [0.25, 0.3) is 5.56 Å². The molecule has 5 rings (SSSR count). The quantitative estimate of drug-likeness (QED) is 0.311. The molecule has 0 atom stereocenters. The maximum absolute atomic E-state index is 13.6. The largest absolute Gasteiger partial charge is 0.486 e. The molecule has 2 N–H and O–H groups in total. The molecule has 2 heterocycles. The minimum Gasteiger partial charge on any atom is -0.486 e. The van der Waals surface area contributed by atoms with Crippen LogP contribution in [0.1, 0.15) is 12.5 Å². The summed E-state index contributed by atoms with van der Waals surface area (Å²) in [6.45, 7) is 6.41. The molecule has 192 valence electrons. The third-order valence-electron chi connectivity index (χ3n) is 6.40. The van der Waals surface area contributed by atoms with E-state index >= 15 is 0 Å². The van der Waals surface area contributed by atoms with Gasteiger partial charge in [-0.15, -0.1) is 11.3 Å². The molecule has 2 aromatic heterocycles. The highest BCUT2D eigenvalue weighted by Crippen LogP contribution is 2.30. The molecule has 0 aliphatic carbocycles. The maximum atomic E-state index is 13.6. The van der Waals surface area contributed by atoms with Crippen LogP contribution in [0.4, 0.5) is 10.1 Å². The average Bonchev–Trinajstić information content (AvgIpc) is 3.27. The van der Waals surface area contributed by atoms with Gasteiger partial charge in [0.1, 0.15) is 12.4 Å². The molecule has 0 unspecified atom stereocenters. The first kappa shape index (κ1) is 25.2. The third kappa shape index (κ3) is 4.90. The summed E-state index contributed by atoms with van der Waals surface area (Å²) in [6, 6.07) is 21.2. The second-order valence-corrected chi connectivity index (χ2v) is 9.98. The number of aromatic nitrogens is 2. The number of pyridine rings is 1. The second-order valence-electron chi connectivity index (χ2n) is 8.88. The normalized spacial score (nSPS) is 12.0. The number of thiazole rings is 1. The summed E-state index contributed by atoms with van der Waals surface area (Å²) in [6.07, 6.45) is 0. The number of hydrogen-bond donors (Lipinski definition) is 2. The van der Waals surface area contributed by atoms with E-state index < -0.39 is 0 Å². The summed E-state index contributed by atoms with van der Waals surface area (Å²) in [5, 5.41) is 3.86. The molecule has 0 bridgehead atoms. The minimum absolute atomic E-state index is 0.128. The molecule has 6 nitrogen and oxygen atoms in total. The van der Waals surface area contributed by atoms with Crippen molar-refractivity contribution in [1.82, 2.24) is 9.55 Å². The standard InChI is InChI=1S/C30H26FN3O3S/c1-18(29-30(36)33-19(2)38-29)20-10-14-23(15-11-20)32-16-17-37-28-26(21-8-12-22(31)13-9-21)34(3)25-7-5-4-6-24(25)27(28)35/h4-15,32H,2,16-17H2,1,3H3,(H,33,36)/b29-18+. The highest BCUT2D eigenvalue weighted by molar-refractivity contribution is 7.07. The summed E-state index contributed by atoms with van der Waals surface area (Å²) >= 11 is 1.34. The topological polar surface area (TPSA) is 76.1 Å². The Morgan fingerprint density at radius 2 is 1.76 bits per heavy atom. The first-order valence-corrected chi connectivity index (χ1v) is 12.9. The zero-order valence-corrected chi connectivity index (χ0v) is 21.8. The predicted molar refractivity (Wildman–Crippen MR) is 153 cm³/mol. The van der Waals surface area contributed by atoms with Crippen molar-refractivity contribution in [2.24, 2.45) is 7.05 Å². The van der Waals surface area contributed by atoms with Crippen molar-refractivity contribution in [2.45, 2.75) is 6.92 Å². The molecule has 5 aromatic rings. The van der Waals surface area contributed by atoms with Gasteiger partial charge in [-0.05, 0) is 66.6 Å². The van der Waals surface area contributed by atoms with E-state index in [9.17, 15) is 14.0 Å². The van der Waals surface area contributed by atoms with E-state index in [4.69, 9.17) is 4.74 Å². The van der Waals surface area contributed by atoms with Gasteiger partial charge in [-0.25, -0.2) is 4.39 Å². The molecular formula is C30H26FN3O3S. The number of anilines is 1. The van der Waals surface area contributed by atoms with Crippen LogP contribution < -0.4 is 30.2 Å². The van der Waals surface area contributed by atoms with Crippen LogP contribution in [0.5, 0.6) is 5.75 Å². The Morgan fingerprint density at radius 1 is 1.05 bits per heavy atom. The highest BCUT2D eigenvalue weighted by Gasteiger charge is 2.18. The Labute approximate surface area is 222 Å². The number of fused-ring (bicyclic) bond motifs is 1. The number of benzene rings is 3. The molecule has 0 amide bonds. The van der Waals surface area contributed by atoms with Crippen LogP contribution in [0, 0.1) is 5.82 Å². The molecule has 0 saturated heterocycles. The monoisotopic (exact) mass is 527 g/mol. The first-order chi connectivity index (χ1) is 18.3. The van der Waals surface area contributed by atoms with Crippen molar-refractivity contribution in [1.29, 1.82) is 0 Å². The van der Waals surface area contributed by atoms with Gasteiger partial charge in [0.15, 0.2) is 5.75 Å². The summed E-state index contributed by atoms with van der Waals surface area (Å²) in [4.78, 5) is 28.2. The number of ether oxygens (including phenoxy) is 1. The Kier molecular flexibility index (Phi) is 6.98. The van der Waals surface area contributed by atoms with Gasteiger partial charge in [0.05, 0.1) is 20.4 Å². The molecule has 0 aliphatic rings. The van der Waals surface area contributed by atoms with Crippen LogP contribution in [-0.2, 0) is 7.05 Å². The van der Waals surface area contributed by atoms with E-state index in [1.807, 2.05) is 61.0 Å². The fourth-order valence-corrected chi connectivity index (χ4v) is 5.27. The van der Waals surface area contributed by atoms with Crippen LogP contribution in [0.25, 0.3) is 34.3 Å². The second kappa shape index (κ2) is 10.5. The molecule has 0 fully saturated rings. The molecule has 0 spiro atoms. The van der Waals surface area contributed by atoms with Crippen molar-refractivity contribution < 1.29 is 9.13 Å². The van der Waals surface area contributed by atoms with Gasteiger partial charge in [0, 0.05) is 30.2 Å².